The zero-order valence-corrected chi connectivity index (χ0v) is 11.7. The van der Waals surface area contributed by atoms with Crippen molar-refractivity contribution in [1.82, 2.24) is 19.8 Å². The molecular formula is C14H26N4. The molecule has 2 heterocycles. The van der Waals surface area contributed by atoms with E-state index in [0.29, 0.717) is 0 Å². The van der Waals surface area contributed by atoms with Gasteiger partial charge in [-0.15, -0.1) is 0 Å². The third-order valence-electron chi connectivity index (χ3n) is 3.84. The molecule has 0 amide bonds. The first-order valence-corrected chi connectivity index (χ1v) is 7.22. The Kier molecular flexibility index (Phi) is 5.20. The van der Waals surface area contributed by atoms with Gasteiger partial charge in [0.25, 0.3) is 0 Å². The minimum Gasteiger partial charge on any atom is -0.338 e. The number of aryl methyl sites for hydroxylation is 1. The van der Waals surface area contributed by atoms with Gasteiger partial charge >= 0.3 is 0 Å². The van der Waals surface area contributed by atoms with Crippen molar-refractivity contribution in [3.8, 4) is 0 Å². The third kappa shape index (κ3) is 3.56. The summed E-state index contributed by atoms with van der Waals surface area (Å²) in [5, 5.41) is 3.52. The molecule has 0 bridgehead atoms. The molecule has 0 radical (unpaired) electrons. The van der Waals surface area contributed by atoms with Gasteiger partial charge in [-0.1, -0.05) is 6.92 Å². The second-order valence-electron chi connectivity index (χ2n) is 5.24. The average molecular weight is 250 g/mol. The Morgan fingerprint density at radius 1 is 1.50 bits per heavy atom. The lowest BCUT2D eigenvalue weighted by molar-refractivity contribution is 0.166. The van der Waals surface area contributed by atoms with Gasteiger partial charge in [0.05, 0.1) is 0 Å². The largest absolute Gasteiger partial charge is 0.338 e. The summed E-state index contributed by atoms with van der Waals surface area (Å²) in [6, 6.07) is 0.721. The van der Waals surface area contributed by atoms with Gasteiger partial charge in [-0.3, -0.25) is 4.90 Å². The van der Waals surface area contributed by atoms with E-state index >= 15 is 0 Å². The van der Waals surface area contributed by atoms with E-state index in [9.17, 15) is 0 Å². The van der Waals surface area contributed by atoms with Gasteiger partial charge in [0, 0.05) is 45.0 Å². The molecule has 1 atom stereocenters. The highest BCUT2D eigenvalue weighted by atomic mass is 15.2. The van der Waals surface area contributed by atoms with Crippen LogP contribution in [0.4, 0.5) is 0 Å². The maximum atomic E-state index is 4.41. The zero-order valence-electron chi connectivity index (χ0n) is 11.7. The van der Waals surface area contributed by atoms with Crippen molar-refractivity contribution in [2.45, 2.75) is 38.6 Å². The molecular weight excluding hydrogens is 224 g/mol. The summed E-state index contributed by atoms with van der Waals surface area (Å²) in [6.07, 6.45) is 8.86. The lowest BCUT2D eigenvalue weighted by atomic mass is 10.1. The highest BCUT2D eigenvalue weighted by Gasteiger charge is 2.20. The van der Waals surface area contributed by atoms with Crippen LogP contribution in [0, 0.1) is 0 Å². The predicted molar refractivity (Wildman–Crippen MR) is 74.7 cm³/mol. The molecule has 0 saturated carbocycles. The summed E-state index contributed by atoms with van der Waals surface area (Å²) in [4.78, 5) is 7.05. The van der Waals surface area contributed by atoms with Crippen LogP contribution in [0.1, 0.15) is 32.0 Å². The van der Waals surface area contributed by atoms with Gasteiger partial charge in [-0.05, 0) is 32.4 Å². The van der Waals surface area contributed by atoms with E-state index in [2.05, 4.69) is 33.7 Å². The second kappa shape index (κ2) is 6.90. The number of rotatable bonds is 6. The summed E-state index contributed by atoms with van der Waals surface area (Å²) in [6.45, 7) is 6.95. The van der Waals surface area contributed by atoms with E-state index in [-0.39, 0.29) is 0 Å². The van der Waals surface area contributed by atoms with Crippen LogP contribution < -0.4 is 5.32 Å². The summed E-state index contributed by atoms with van der Waals surface area (Å²) in [5.41, 5.74) is 0. The van der Waals surface area contributed by atoms with Crippen molar-refractivity contribution in [2.24, 2.45) is 7.05 Å². The molecule has 4 nitrogen and oxygen atoms in total. The normalized spacial score (nSPS) is 20.5. The van der Waals surface area contributed by atoms with Crippen LogP contribution >= 0.6 is 0 Å². The van der Waals surface area contributed by atoms with Gasteiger partial charge in [0.2, 0.25) is 0 Å². The Balaban J connectivity index is 1.87. The first kappa shape index (κ1) is 13.6. The van der Waals surface area contributed by atoms with Crippen molar-refractivity contribution in [3.63, 3.8) is 0 Å². The number of imidazole rings is 1. The Hall–Kier alpha value is -0.870. The molecule has 1 aromatic rings. The van der Waals surface area contributed by atoms with Gasteiger partial charge in [0.15, 0.2) is 0 Å². The molecule has 4 heteroatoms. The zero-order chi connectivity index (χ0) is 12.8. The SMILES string of the molecule is CCCN(CCc1nccn1C)C1CCCNC1. The van der Waals surface area contributed by atoms with Crippen LogP contribution in [0.5, 0.6) is 0 Å². The molecule has 102 valence electrons. The second-order valence-corrected chi connectivity index (χ2v) is 5.24. The van der Waals surface area contributed by atoms with Crippen molar-refractivity contribution < 1.29 is 0 Å². The molecule has 1 unspecified atom stereocenters. The average Bonchev–Trinajstić information content (AvgIpc) is 2.81. The van der Waals surface area contributed by atoms with Crippen molar-refractivity contribution in [2.75, 3.05) is 26.2 Å². The summed E-state index contributed by atoms with van der Waals surface area (Å²) in [5.74, 6) is 1.19. The maximum Gasteiger partial charge on any atom is 0.109 e. The van der Waals surface area contributed by atoms with Crippen molar-refractivity contribution >= 4 is 0 Å². The molecule has 1 aliphatic rings. The van der Waals surface area contributed by atoms with Crippen molar-refractivity contribution in [1.29, 1.82) is 0 Å². The lowest BCUT2D eigenvalue weighted by Gasteiger charge is -2.34. The first-order chi connectivity index (χ1) is 8.81. The fourth-order valence-electron chi connectivity index (χ4n) is 2.79. The molecule has 1 fully saturated rings. The van der Waals surface area contributed by atoms with Crippen LogP contribution in [0.3, 0.4) is 0 Å². The molecule has 1 aliphatic heterocycles. The van der Waals surface area contributed by atoms with Gasteiger partial charge in [-0.25, -0.2) is 4.98 Å². The van der Waals surface area contributed by atoms with E-state index in [1.807, 2.05) is 12.4 Å². The Bertz CT molecular complexity index is 341. The van der Waals surface area contributed by atoms with E-state index in [1.54, 1.807) is 0 Å². The monoisotopic (exact) mass is 250 g/mol. The summed E-state index contributed by atoms with van der Waals surface area (Å²) < 4.78 is 2.13. The number of hydrogen-bond acceptors (Lipinski definition) is 3. The van der Waals surface area contributed by atoms with E-state index < -0.39 is 0 Å². The molecule has 18 heavy (non-hydrogen) atoms. The van der Waals surface area contributed by atoms with E-state index in [4.69, 9.17) is 0 Å². The van der Waals surface area contributed by atoms with Crippen LogP contribution in [0.2, 0.25) is 0 Å². The van der Waals surface area contributed by atoms with Gasteiger partial charge in [0.1, 0.15) is 5.82 Å². The molecule has 0 aromatic carbocycles. The third-order valence-corrected chi connectivity index (χ3v) is 3.84. The standard InChI is InChI=1S/C14H26N4/c1-3-9-18(13-5-4-7-15-12-13)10-6-14-16-8-11-17(14)2/h8,11,13,15H,3-7,9-10,12H2,1-2H3. The summed E-state index contributed by atoms with van der Waals surface area (Å²) >= 11 is 0. The fourth-order valence-corrected chi connectivity index (χ4v) is 2.79. The quantitative estimate of drug-likeness (QED) is 0.829. The number of piperidine rings is 1. The van der Waals surface area contributed by atoms with Gasteiger partial charge in [-0.2, -0.15) is 0 Å². The molecule has 0 spiro atoms. The number of nitrogens with zero attached hydrogens (tertiary/aromatic N) is 3. The molecule has 1 aromatic heterocycles. The van der Waals surface area contributed by atoms with Crippen LogP contribution in [0.25, 0.3) is 0 Å². The number of hydrogen-bond donors (Lipinski definition) is 1. The lowest BCUT2D eigenvalue weighted by Crippen LogP contribution is -2.47. The summed E-state index contributed by atoms with van der Waals surface area (Å²) in [7, 11) is 2.08. The smallest absolute Gasteiger partial charge is 0.109 e. The molecule has 2 rings (SSSR count). The predicted octanol–water partition coefficient (Wildman–Crippen LogP) is 1.43. The number of nitrogens with one attached hydrogen (secondary N) is 1. The van der Waals surface area contributed by atoms with Crippen LogP contribution in [-0.4, -0.2) is 46.7 Å². The van der Waals surface area contributed by atoms with Crippen molar-refractivity contribution in [3.05, 3.63) is 18.2 Å². The Labute approximate surface area is 110 Å². The topological polar surface area (TPSA) is 33.1 Å². The van der Waals surface area contributed by atoms with Gasteiger partial charge < -0.3 is 9.88 Å². The molecule has 1 N–H and O–H groups in total. The Morgan fingerprint density at radius 2 is 2.39 bits per heavy atom. The van der Waals surface area contributed by atoms with E-state index in [0.717, 1.165) is 25.6 Å². The Morgan fingerprint density at radius 3 is 3.00 bits per heavy atom. The molecule has 1 saturated heterocycles. The highest BCUT2D eigenvalue weighted by Crippen LogP contribution is 2.12. The van der Waals surface area contributed by atoms with Crippen LogP contribution in [0.15, 0.2) is 12.4 Å². The fraction of sp³-hybridized carbons (Fsp3) is 0.786. The first-order valence-electron chi connectivity index (χ1n) is 7.22. The minimum absolute atomic E-state index is 0.721. The van der Waals surface area contributed by atoms with E-state index in [1.165, 1.54) is 38.2 Å². The molecule has 0 aliphatic carbocycles. The minimum atomic E-state index is 0.721. The maximum absolute atomic E-state index is 4.41. The van der Waals surface area contributed by atoms with Crippen LogP contribution in [-0.2, 0) is 13.5 Å². The number of aromatic nitrogens is 2. The highest BCUT2D eigenvalue weighted by molar-refractivity contribution is 4.92.